The summed E-state index contributed by atoms with van der Waals surface area (Å²) in [6, 6.07) is 0. The summed E-state index contributed by atoms with van der Waals surface area (Å²) in [6.45, 7) is 0.467. The van der Waals surface area contributed by atoms with Gasteiger partial charge in [-0.3, -0.25) is 14.3 Å². The fourth-order valence-electron chi connectivity index (χ4n) is 1.55. The quantitative estimate of drug-likeness (QED) is 0.398. The summed E-state index contributed by atoms with van der Waals surface area (Å²) in [5.74, 6) is 0. The van der Waals surface area contributed by atoms with E-state index < -0.39 is 44.0 Å². The Morgan fingerprint density at radius 2 is 1.88 bits per heavy atom. The molecule has 8 nitrogen and oxygen atoms in total. The van der Waals surface area contributed by atoms with Crippen LogP contribution in [-0.4, -0.2) is 28.2 Å². The van der Waals surface area contributed by atoms with E-state index in [1.54, 1.807) is 6.92 Å². The first-order chi connectivity index (χ1) is 9.94. The number of aromatic nitrogens is 2. The number of aromatic amines is 1. The van der Waals surface area contributed by atoms with Crippen LogP contribution in [0.3, 0.4) is 0 Å². The second kappa shape index (κ2) is 10.1. The van der Waals surface area contributed by atoms with Crippen molar-refractivity contribution >= 4 is 7.60 Å². The molecule has 0 aliphatic heterocycles. The Labute approximate surface area is 158 Å². The molecule has 1 heterocycles. The number of nitrogens with zero attached hydrogens (tertiary/aromatic N) is 1. The Morgan fingerprint density at radius 1 is 1.33 bits per heavy atom. The van der Waals surface area contributed by atoms with E-state index in [0.29, 0.717) is 4.57 Å². The zero-order valence-corrected chi connectivity index (χ0v) is 14.1. The Kier molecular flexibility index (Phi) is 10.9. The molecular formula is C10H12F3Li2N2O6P. The largest absolute Gasteiger partial charge is 1.00 e. The van der Waals surface area contributed by atoms with Gasteiger partial charge in [0.25, 0.3) is 5.56 Å². The van der Waals surface area contributed by atoms with Gasteiger partial charge in [-0.25, -0.2) is 4.79 Å². The van der Waals surface area contributed by atoms with E-state index in [0.717, 1.165) is 6.20 Å². The number of ether oxygens (including phenoxy) is 1. The van der Waals surface area contributed by atoms with Gasteiger partial charge in [0.05, 0.1) is 12.9 Å². The fourth-order valence-corrected chi connectivity index (χ4v) is 1.92. The van der Waals surface area contributed by atoms with Crippen molar-refractivity contribution in [3.05, 3.63) is 32.6 Å². The molecule has 1 aromatic rings. The molecule has 0 aliphatic rings. The Bertz CT molecular complexity index is 686. The second-order valence-corrected chi connectivity index (χ2v) is 5.84. The van der Waals surface area contributed by atoms with E-state index in [1.807, 2.05) is 4.98 Å². The van der Waals surface area contributed by atoms with E-state index in [2.05, 4.69) is 4.74 Å². The average molecular weight is 358 g/mol. The summed E-state index contributed by atoms with van der Waals surface area (Å²) in [5, 5.41) is 0. The molecule has 1 unspecified atom stereocenters. The molecule has 0 fully saturated rings. The van der Waals surface area contributed by atoms with Gasteiger partial charge in [0.2, 0.25) is 0 Å². The minimum Gasteiger partial charge on any atom is -0.809 e. The molecule has 0 amide bonds. The summed E-state index contributed by atoms with van der Waals surface area (Å²) in [5.41, 5.74) is -1.76. The predicted molar refractivity (Wildman–Crippen MR) is 64.1 cm³/mol. The maximum Gasteiger partial charge on any atom is 1.00 e. The van der Waals surface area contributed by atoms with Gasteiger partial charge in [-0.15, -0.1) is 0 Å². The molecule has 126 valence electrons. The summed E-state index contributed by atoms with van der Waals surface area (Å²) in [7, 11) is -5.30. The first-order valence-electron chi connectivity index (χ1n) is 5.96. The van der Waals surface area contributed by atoms with Crippen LogP contribution in [0.15, 0.2) is 15.8 Å². The third-order valence-electron chi connectivity index (χ3n) is 2.63. The molecule has 0 aromatic carbocycles. The fraction of sp³-hybridized carbons (Fsp3) is 0.600. The summed E-state index contributed by atoms with van der Waals surface area (Å²) in [4.78, 5) is 45.4. The number of aryl methyl sites for hydroxylation is 1. The number of hydrogen-bond donors (Lipinski definition) is 1. The molecule has 0 saturated carbocycles. The summed E-state index contributed by atoms with van der Waals surface area (Å²) in [6.07, 6.45) is -8.25. The smallest absolute Gasteiger partial charge is 0.809 e. The molecule has 0 aliphatic carbocycles. The van der Waals surface area contributed by atoms with Crippen LogP contribution in [0.1, 0.15) is 12.5 Å². The third kappa shape index (κ3) is 8.24. The summed E-state index contributed by atoms with van der Waals surface area (Å²) < 4.78 is 53.3. The summed E-state index contributed by atoms with van der Waals surface area (Å²) >= 11 is 0. The van der Waals surface area contributed by atoms with Gasteiger partial charge in [0, 0.05) is 11.8 Å². The van der Waals surface area contributed by atoms with Crippen molar-refractivity contribution in [2.45, 2.75) is 32.2 Å². The Balaban J connectivity index is 0. The van der Waals surface area contributed by atoms with E-state index in [1.165, 1.54) is 0 Å². The molecule has 0 saturated heterocycles. The zero-order valence-electron chi connectivity index (χ0n) is 13.3. The Hall–Kier alpha value is -0.225. The van der Waals surface area contributed by atoms with Gasteiger partial charge in [-0.1, -0.05) is 6.92 Å². The zero-order chi connectivity index (χ0) is 17.1. The normalized spacial score (nSPS) is 12.9. The molecule has 1 atom stereocenters. The van der Waals surface area contributed by atoms with Gasteiger partial charge >= 0.3 is 49.6 Å². The standard InChI is InChI=1S/C10H14F3N2O6P.2Li/c1-2-6-3-15(9(17)14-8(6)16)4-7(10(11,12)13)21-5-22(18,19)20;;/h3,7H,2,4-5H2,1H3,(H,14,16,17)(H2,18,19,20);;/q;2*+1/p-2. The van der Waals surface area contributed by atoms with Crippen LogP contribution in [0, 0.1) is 0 Å². The first-order valence-corrected chi connectivity index (χ1v) is 7.69. The molecule has 0 radical (unpaired) electrons. The number of halogens is 3. The maximum absolute atomic E-state index is 12.8. The number of alkyl halides is 3. The van der Waals surface area contributed by atoms with Crippen LogP contribution in [0.4, 0.5) is 13.2 Å². The van der Waals surface area contributed by atoms with E-state index in [-0.39, 0.29) is 49.7 Å². The molecule has 0 spiro atoms. The molecule has 1 N–H and O–H groups in total. The van der Waals surface area contributed by atoms with Crippen molar-refractivity contribution < 1.29 is 70.0 Å². The number of nitrogens with one attached hydrogen (secondary N) is 1. The van der Waals surface area contributed by atoms with Crippen LogP contribution in [0.5, 0.6) is 0 Å². The van der Waals surface area contributed by atoms with Gasteiger partial charge < -0.3 is 19.1 Å². The SMILES string of the molecule is CCc1cn(CC(OCP(=O)([O-])[O-])C(F)(F)F)c(=O)[nH]c1=O.[Li+].[Li+]. The van der Waals surface area contributed by atoms with E-state index in [4.69, 9.17) is 0 Å². The molecule has 1 rings (SSSR count). The van der Waals surface area contributed by atoms with Crippen LogP contribution >= 0.6 is 7.60 Å². The van der Waals surface area contributed by atoms with Gasteiger partial charge in [-0.05, 0) is 14.0 Å². The predicted octanol–water partition coefficient (Wildman–Crippen LogP) is -7.07. The van der Waals surface area contributed by atoms with Crippen molar-refractivity contribution in [3.63, 3.8) is 0 Å². The minimum absolute atomic E-state index is 0. The topological polar surface area (TPSA) is 127 Å². The van der Waals surface area contributed by atoms with Gasteiger partial charge in [0.15, 0.2) is 6.10 Å². The third-order valence-corrected chi connectivity index (χ3v) is 3.09. The van der Waals surface area contributed by atoms with Crippen LogP contribution in [-0.2, 0) is 22.3 Å². The second-order valence-electron chi connectivity index (χ2n) is 4.36. The Morgan fingerprint density at radius 3 is 2.29 bits per heavy atom. The van der Waals surface area contributed by atoms with Crippen LogP contribution < -0.4 is 58.8 Å². The average Bonchev–Trinajstić information content (AvgIpc) is 2.34. The van der Waals surface area contributed by atoms with Crippen molar-refractivity contribution in [1.82, 2.24) is 9.55 Å². The number of rotatable bonds is 6. The number of H-pyrrole nitrogens is 1. The van der Waals surface area contributed by atoms with Crippen LogP contribution in [0.2, 0.25) is 0 Å². The van der Waals surface area contributed by atoms with Crippen molar-refractivity contribution in [1.29, 1.82) is 0 Å². The number of hydrogen-bond acceptors (Lipinski definition) is 6. The first kappa shape index (κ1) is 26.0. The van der Waals surface area contributed by atoms with E-state index in [9.17, 15) is 37.1 Å². The van der Waals surface area contributed by atoms with Crippen LogP contribution in [0.25, 0.3) is 0 Å². The maximum atomic E-state index is 12.8. The minimum atomic E-state index is -5.30. The molecule has 1 aromatic heterocycles. The molecule has 14 heteroatoms. The van der Waals surface area contributed by atoms with Gasteiger partial charge in [-0.2, -0.15) is 13.2 Å². The van der Waals surface area contributed by atoms with Crippen molar-refractivity contribution in [2.24, 2.45) is 0 Å². The van der Waals surface area contributed by atoms with Crippen molar-refractivity contribution in [2.75, 3.05) is 6.35 Å². The monoisotopic (exact) mass is 358 g/mol. The molecular weight excluding hydrogens is 346 g/mol. The van der Waals surface area contributed by atoms with E-state index >= 15 is 0 Å². The van der Waals surface area contributed by atoms with Crippen molar-refractivity contribution in [3.8, 4) is 0 Å². The molecule has 0 bridgehead atoms. The molecule has 24 heavy (non-hydrogen) atoms. The van der Waals surface area contributed by atoms with Gasteiger partial charge in [0.1, 0.15) is 0 Å².